The lowest BCUT2D eigenvalue weighted by Crippen LogP contribution is -1.77. The van der Waals surface area contributed by atoms with Crippen LogP contribution >= 0.6 is 0 Å². The molecule has 0 amide bonds. The third kappa shape index (κ3) is 1.60. The van der Waals surface area contributed by atoms with Crippen molar-refractivity contribution in [3.05, 3.63) is 30.6 Å². The molecule has 2 N–H and O–H groups in total. The molecule has 0 aliphatic heterocycles. The number of H-pyrrole nitrogens is 1. The zero-order chi connectivity index (χ0) is 6.53. The number of hydrogen-bond donors (Lipinski definition) is 2. The number of aliphatic hydroxyl groups is 1. The highest BCUT2D eigenvalue weighted by atomic mass is 16.2. The van der Waals surface area contributed by atoms with E-state index in [-0.39, 0.29) is 0 Å². The molecular weight excluding hydrogens is 116 g/mol. The van der Waals surface area contributed by atoms with Gasteiger partial charge in [0, 0.05) is 12.6 Å². The van der Waals surface area contributed by atoms with Crippen LogP contribution in [0.1, 0.15) is 5.69 Å². The quantitative estimate of drug-likeness (QED) is 0.578. The Morgan fingerprint density at radius 3 is 3.22 bits per heavy atom. The lowest BCUT2D eigenvalue weighted by Gasteiger charge is -1.81. The molecule has 0 spiro atoms. The van der Waals surface area contributed by atoms with Crippen molar-refractivity contribution in [1.29, 1.82) is 0 Å². The number of rotatable bonds is 2. The highest BCUT2D eigenvalue weighted by Crippen LogP contribution is 1.91. The lowest BCUT2D eigenvalue weighted by molar-refractivity contribution is 0.471. The summed E-state index contributed by atoms with van der Waals surface area (Å²) < 4.78 is 0. The van der Waals surface area contributed by atoms with E-state index in [1.807, 2.05) is 0 Å². The molecule has 0 bridgehead atoms. The Bertz CT molecular complexity index is 179. The number of nitrogens with zero attached hydrogens (tertiary/aromatic N) is 1. The Morgan fingerprint density at radius 1 is 1.78 bits per heavy atom. The molecule has 0 aliphatic rings. The minimum atomic E-state index is 0.681. The van der Waals surface area contributed by atoms with E-state index < -0.39 is 0 Å². The van der Waals surface area contributed by atoms with E-state index in [2.05, 4.69) is 9.97 Å². The Morgan fingerprint density at radius 2 is 2.67 bits per heavy atom. The molecule has 3 nitrogen and oxygen atoms in total. The standard InChI is InChI=1S/C6H8N2O/c9-3-1-2-6-4-7-5-8-6/h1,3-5,9H,2H2,(H,7,8). The van der Waals surface area contributed by atoms with Gasteiger partial charge in [-0.2, -0.15) is 0 Å². The highest BCUT2D eigenvalue weighted by molar-refractivity contribution is 4.99. The van der Waals surface area contributed by atoms with Gasteiger partial charge < -0.3 is 10.1 Å². The summed E-state index contributed by atoms with van der Waals surface area (Å²) in [5.41, 5.74) is 0.931. The second-order valence-electron chi connectivity index (χ2n) is 1.65. The Balaban J connectivity index is 2.48. The van der Waals surface area contributed by atoms with Gasteiger partial charge in [0.25, 0.3) is 0 Å². The first-order valence-electron chi connectivity index (χ1n) is 2.70. The van der Waals surface area contributed by atoms with Gasteiger partial charge in [-0.3, -0.25) is 0 Å². The van der Waals surface area contributed by atoms with E-state index in [9.17, 15) is 0 Å². The van der Waals surface area contributed by atoms with Crippen LogP contribution in [0, 0.1) is 0 Å². The van der Waals surface area contributed by atoms with Crippen molar-refractivity contribution in [2.45, 2.75) is 6.42 Å². The van der Waals surface area contributed by atoms with Crippen LogP contribution in [0.3, 0.4) is 0 Å². The summed E-state index contributed by atoms with van der Waals surface area (Å²) in [6, 6.07) is 0. The summed E-state index contributed by atoms with van der Waals surface area (Å²) in [6.07, 6.45) is 6.74. The van der Waals surface area contributed by atoms with Gasteiger partial charge in [-0.25, -0.2) is 4.98 Å². The average Bonchev–Trinajstić information content (AvgIpc) is 2.34. The maximum atomic E-state index is 8.25. The van der Waals surface area contributed by atoms with Crippen LogP contribution in [0.4, 0.5) is 0 Å². The first kappa shape index (κ1) is 5.88. The number of nitrogens with one attached hydrogen (secondary N) is 1. The van der Waals surface area contributed by atoms with Gasteiger partial charge in [-0.05, 0) is 6.08 Å². The van der Waals surface area contributed by atoms with Gasteiger partial charge in [-0.15, -0.1) is 0 Å². The fourth-order valence-electron chi connectivity index (χ4n) is 0.576. The third-order valence-electron chi connectivity index (χ3n) is 0.987. The summed E-state index contributed by atoms with van der Waals surface area (Å²) in [5, 5.41) is 8.25. The summed E-state index contributed by atoms with van der Waals surface area (Å²) in [4.78, 5) is 6.75. The molecule has 0 fully saturated rings. The van der Waals surface area contributed by atoms with Crippen LogP contribution in [0.15, 0.2) is 24.9 Å². The van der Waals surface area contributed by atoms with E-state index in [0.717, 1.165) is 12.0 Å². The number of aromatic nitrogens is 2. The predicted molar refractivity (Wildman–Crippen MR) is 34.1 cm³/mol. The number of hydrogen-bond acceptors (Lipinski definition) is 2. The van der Waals surface area contributed by atoms with Crippen LogP contribution in [0.5, 0.6) is 0 Å². The van der Waals surface area contributed by atoms with Gasteiger partial charge in [0.15, 0.2) is 0 Å². The zero-order valence-electron chi connectivity index (χ0n) is 4.91. The van der Waals surface area contributed by atoms with Gasteiger partial charge in [0.1, 0.15) is 0 Å². The van der Waals surface area contributed by atoms with Crippen LogP contribution < -0.4 is 0 Å². The van der Waals surface area contributed by atoms with Gasteiger partial charge in [0.05, 0.1) is 18.3 Å². The number of imidazole rings is 1. The minimum Gasteiger partial charge on any atom is -0.516 e. The highest BCUT2D eigenvalue weighted by Gasteiger charge is 1.86. The van der Waals surface area contributed by atoms with Crippen LogP contribution in [-0.2, 0) is 6.42 Å². The van der Waals surface area contributed by atoms with E-state index in [1.165, 1.54) is 0 Å². The minimum absolute atomic E-state index is 0.681. The molecule has 0 unspecified atom stereocenters. The molecule has 3 heteroatoms. The summed E-state index contributed by atoms with van der Waals surface area (Å²) in [5.74, 6) is 0. The molecule has 0 saturated heterocycles. The SMILES string of the molecule is OC=CCc1c[nH]cn1. The van der Waals surface area contributed by atoms with Crippen molar-refractivity contribution in [2.24, 2.45) is 0 Å². The molecule has 0 saturated carbocycles. The van der Waals surface area contributed by atoms with Crippen molar-refractivity contribution < 1.29 is 5.11 Å². The Kier molecular flexibility index (Phi) is 1.90. The van der Waals surface area contributed by atoms with Gasteiger partial charge >= 0.3 is 0 Å². The molecule has 9 heavy (non-hydrogen) atoms. The van der Waals surface area contributed by atoms with Gasteiger partial charge in [0.2, 0.25) is 0 Å². The molecule has 1 aromatic heterocycles. The predicted octanol–water partition coefficient (Wildman–Crippen LogP) is 1.02. The monoisotopic (exact) mass is 124 g/mol. The molecule has 1 heterocycles. The zero-order valence-corrected chi connectivity index (χ0v) is 4.91. The fraction of sp³-hybridized carbons (Fsp3) is 0.167. The van der Waals surface area contributed by atoms with Crippen molar-refractivity contribution in [1.82, 2.24) is 9.97 Å². The topological polar surface area (TPSA) is 48.9 Å². The van der Waals surface area contributed by atoms with Crippen molar-refractivity contribution in [3.63, 3.8) is 0 Å². The molecule has 0 atom stereocenters. The molecule has 1 aromatic rings. The first-order valence-corrected chi connectivity index (χ1v) is 2.70. The molecule has 0 aromatic carbocycles. The Hall–Kier alpha value is -1.25. The summed E-state index contributed by atoms with van der Waals surface area (Å²) >= 11 is 0. The average molecular weight is 124 g/mol. The van der Waals surface area contributed by atoms with Crippen molar-refractivity contribution in [2.75, 3.05) is 0 Å². The normalized spacial score (nSPS) is 10.7. The fourth-order valence-corrected chi connectivity index (χ4v) is 0.576. The van der Waals surface area contributed by atoms with Crippen LogP contribution in [0.25, 0.3) is 0 Å². The molecule has 1 rings (SSSR count). The largest absolute Gasteiger partial charge is 0.516 e. The molecule has 48 valence electrons. The van der Waals surface area contributed by atoms with Crippen LogP contribution in [-0.4, -0.2) is 15.1 Å². The number of aromatic amines is 1. The smallest absolute Gasteiger partial charge is 0.0923 e. The Labute approximate surface area is 53.1 Å². The van der Waals surface area contributed by atoms with Crippen LogP contribution in [0.2, 0.25) is 0 Å². The second kappa shape index (κ2) is 2.91. The van der Waals surface area contributed by atoms with E-state index in [1.54, 1.807) is 18.6 Å². The lowest BCUT2D eigenvalue weighted by atomic mass is 10.3. The van der Waals surface area contributed by atoms with E-state index >= 15 is 0 Å². The molecule has 0 radical (unpaired) electrons. The second-order valence-corrected chi connectivity index (χ2v) is 1.65. The molecular formula is C6H8N2O. The van der Waals surface area contributed by atoms with Crippen molar-refractivity contribution >= 4 is 0 Å². The molecule has 0 aliphatic carbocycles. The van der Waals surface area contributed by atoms with Crippen molar-refractivity contribution in [3.8, 4) is 0 Å². The first-order chi connectivity index (χ1) is 4.43. The number of allylic oxidation sites excluding steroid dienone is 1. The van der Waals surface area contributed by atoms with E-state index in [4.69, 9.17) is 5.11 Å². The van der Waals surface area contributed by atoms with Gasteiger partial charge in [-0.1, -0.05) is 0 Å². The summed E-state index contributed by atoms with van der Waals surface area (Å²) in [7, 11) is 0. The summed E-state index contributed by atoms with van der Waals surface area (Å²) in [6.45, 7) is 0. The maximum absolute atomic E-state index is 8.25. The maximum Gasteiger partial charge on any atom is 0.0923 e. The third-order valence-corrected chi connectivity index (χ3v) is 0.987. The van der Waals surface area contributed by atoms with E-state index in [0.29, 0.717) is 6.42 Å². The number of aliphatic hydroxyl groups excluding tert-OH is 1.